The highest BCUT2D eigenvalue weighted by molar-refractivity contribution is 6.31. The van der Waals surface area contributed by atoms with Crippen molar-refractivity contribution in [2.45, 2.75) is 6.92 Å². The number of anilines is 1. The maximum Gasteiger partial charge on any atom is 0.352 e. The Labute approximate surface area is 117 Å². The monoisotopic (exact) mass is 300 g/mol. The van der Waals surface area contributed by atoms with Crippen molar-refractivity contribution >= 4 is 34.9 Å². The van der Waals surface area contributed by atoms with Crippen LogP contribution in [0.1, 0.15) is 6.92 Å². The number of halogens is 1. The SMILES string of the molecule is CC(C(=O)O)=C(Nc1ccc(Cl)cc1[N+](=O)[O-])C(=O)O. The van der Waals surface area contributed by atoms with Gasteiger partial charge >= 0.3 is 11.9 Å². The van der Waals surface area contributed by atoms with E-state index in [1.54, 1.807) is 0 Å². The summed E-state index contributed by atoms with van der Waals surface area (Å²) < 4.78 is 0. The van der Waals surface area contributed by atoms with Crippen molar-refractivity contribution in [3.8, 4) is 0 Å². The first kappa shape index (κ1) is 15.4. The number of nitrogens with zero attached hydrogens (tertiary/aromatic N) is 1. The van der Waals surface area contributed by atoms with Crippen molar-refractivity contribution in [1.29, 1.82) is 0 Å². The average Bonchev–Trinajstić information content (AvgIpc) is 2.35. The molecule has 3 N–H and O–H groups in total. The second-order valence-corrected chi connectivity index (χ2v) is 4.09. The van der Waals surface area contributed by atoms with Gasteiger partial charge in [0.1, 0.15) is 11.4 Å². The Bertz CT molecular complexity index is 625. The highest BCUT2D eigenvalue weighted by Gasteiger charge is 2.21. The van der Waals surface area contributed by atoms with Gasteiger partial charge in [0.25, 0.3) is 5.69 Å². The van der Waals surface area contributed by atoms with Crippen LogP contribution >= 0.6 is 11.6 Å². The topological polar surface area (TPSA) is 130 Å². The minimum absolute atomic E-state index is 0.0954. The van der Waals surface area contributed by atoms with E-state index in [-0.39, 0.29) is 10.7 Å². The lowest BCUT2D eigenvalue weighted by Gasteiger charge is -2.09. The average molecular weight is 301 g/mol. The number of carbonyl (C=O) groups is 2. The van der Waals surface area contributed by atoms with Crippen molar-refractivity contribution < 1.29 is 24.7 Å². The van der Waals surface area contributed by atoms with E-state index in [4.69, 9.17) is 21.8 Å². The number of hydrogen-bond acceptors (Lipinski definition) is 5. The number of hydrogen-bond donors (Lipinski definition) is 3. The molecule has 0 bridgehead atoms. The maximum atomic E-state index is 11.0. The van der Waals surface area contributed by atoms with Crippen LogP contribution in [-0.4, -0.2) is 27.1 Å². The predicted molar refractivity (Wildman–Crippen MR) is 69.7 cm³/mol. The first-order valence-electron chi connectivity index (χ1n) is 5.12. The third-order valence-electron chi connectivity index (χ3n) is 2.33. The van der Waals surface area contributed by atoms with Crippen LogP contribution < -0.4 is 5.32 Å². The zero-order valence-electron chi connectivity index (χ0n) is 10.1. The Morgan fingerprint density at radius 3 is 2.35 bits per heavy atom. The third kappa shape index (κ3) is 3.45. The summed E-state index contributed by atoms with van der Waals surface area (Å²) in [7, 11) is 0. The van der Waals surface area contributed by atoms with Crippen LogP contribution in [0.5, 0.6) is 0 Å². The van der Waals surface area contributed by atoms with Crippen molar-refractivity contribution in [3.05, 3.63) is 44.6 Å². The van der Waals surface area contributed by atoms with Gasteiger partial charge in [0.05, 0.1) is 10.5 Å². The van der Waals surface area contributed by atoms with Gasteiger partial charge in [-0.05, 0) is 19.1 Å². The number of benzene rings is 1. The smallest absolute Gasteiger partial charge is 0.352 e. The van der Waals surface area contributed by atoms with E-state index in [1.807, 2.05) is 0 Å². The molecule has 0 saturated heterocycles. The minimum Gasteiger partial charge on any atom is -0.478 e. The lowest BCUT2D eigenvalue weighted by molar-refractivity contribution is -0.383. The molecule has 0 fully saturated rings. The Balaban J connectivity index is 3.33. The van der Waals surface area contributed by atoms with Crippen LogP contribution in [-0.2, 0) is 9.59 Å². The van der Waals surface area contributed by atoms with Gasteiger partial charge in [-0.2, -0.15) is 0 Å². The summed E-state index contributed by atoms with van der Waals surface area (Å²) in [6.45, 7) is 1.07. The number of nitrogens with one attached hydrogen (secondary N) is 1. The first-order valence-corrected chi connectivity index (χ1v) is 5.50. The molecule has 0 aliphatic rings. The molecule has 8 nitrogen and oxygen atoms in total. The van der Waals surface area contributed by atoms with Crippen LogP contribution in [0, 0.1) is 10.1 Å². The van der Waals surface area contributed by atoms with Gasteiger partial charge in [0.2, 0.25) is 0 Å². The molecule has 9 heteroatoms. The van der Waals surface area contributed by atoms with Gasteiger partial charge in [-0.25, -0.2) is 9.59 Å². The normalized spacial score (nSPS) is 11.5. The first-order chi connectivity index (χ1) is 9.23. The van der Waals surface area contributed by atoms with Crippen molar-refractivity contribution in [1.82, 2.24) is 0 Å². The van der Waals surface area contributed by atoms with E-state index in [2.05, 4.69) is 5.32 Å². The molecule has 0 aliphatic heterocycles. The molecule has 106 valence electrons. The number of nitro benzene ring substituents is 1. The number of rotatable bonds is 5. The standard InChI is InChI=1S/C11H9ClN2O6/c1-5(10(15)16)9(11(17)18)13-7-3-2-6(12)4-8(7)14(19)20/h2-4,13H,1H3,(H,15,16)(H,17,18). The van der Waals surface area contributed by atoms with Crippen molar-refractivity contribution in [3.63, 3.8) is 0 Å². The van der Waals surface area contributed by atoms with Gasteiger partial charge in [-0.15, -0.1) is 0 Å². The van der Waals surface area contributed by atoms with E-state index < -0.39 is 33.8 Å². The predicted octanol–water partition coefficient (Wildman–Crippen LogP) is 2.10. The number of carboxylic acids is 2. The van der Waals surface area contributed by atoms with Crippen molar-refractivity contribution in [2.75, 3.05) is 5.32 Å². The van der Waals surface area contributed by atoms with Gasteiger partial charge < -0.3 is 15.5 Å². The molecule has 0 atom stereocenters. The molecule has 0 spiro atoms. The summed E-state index contributed by atoms with van der Waals surface area (Å²) in [6.07, 6.45) is 0. The largest absolute Gasteiger partial charge is 0.478 e. The lowest BCUT2D eigenvalue weighted by Crippen LogP contribution is -2.17. The summed E-state index contributed by atoms with van der Waals surface area (Å²) in [5, 5.41) is 30.9. The van der Waals surface area contributed by atoms with Crippen LogP contribution in [0.15, 0.2) is 29.5 Å². The Morgan fingerprint density at radius 1 is 1.30 bits per heavy atom. The number of aliphatic carboxylic acids is 2. The molecular formula is C11H9ClN2O6. The molecule has 0 aromatic heterocycles. The summed E-state index contributed by atoms with van der Waals surface area (Å²) in [4.78, 5) is 31.9. The van der Waals surface area contributed by atoms with Gasteiger partial charge in [0, 0.05) is 11.1 Å². The second-order valence-electron chi connectivity index (χ2n) is 3.65. The molecule has 0 radical (unpaired) electrons. The van der Waals surface area contributed by atoms with E-state index >= 15 is 0 Å². The lowest BCUT2D eigenvalue weighted by atomic mass is 10.2. The fourth-order valence-corrected chi connectivity index (χ4v) is 1.48. The molecule has 1 aromatic carbocycles. The van der Waals surface area contributed by atoms with Crippen LogP contribution in [0.4, 0.5) is 11.4 Å². The quantitative estimate of drug-likeness (QED) is 0.431. The second kappa shape index (κ2) is 6.02. The minimum atomic E-state index is -1.55. The molecule has 0 saturated carbocycles. The molecule has 1 rings (SSSR count). The summed E-state index contributed by atoms with van der Waals surface area (Å²) >= 11 is 5.62. The fraction of sp³-hybridized carbons (Fsp3) is 0.0909. The molecule has 0 amide bonds. The summed E-state index contributed by atoms with van der Waals surface area (Å²) in [6, 6.07) is 3.53. The molecule has 0 unspecified atom stereocenters. The molecular weight excluding hydrogens is 292 g/mol. The highest BCUT2D eigenvalue weighted by Crippen LogP contribution is 2.29. The Morgan fingerprint density at radius 2 is 1.90 bits per heavy atom. The molecule has 0 heterocycles. The number of carboxylic acid groups (broad SMARTS) is 2. The van der Waals surface area contributed by atoms with Gasteiger partial charge in [-0.3, -0.25) is 10.1 Å². The Hall–Kier alpha value is -2.61. The van der Waals surface area contributed by atoms with E-state index in [0.717, 1.165) is 13.0 Å². The van der Waals surface area contributed by atoms with E-state index in [9.17, 15) is 19.7 Å². The fourth-order valence-electron chi connectivity index (χ4n) is 1.31. The van der Waals surface area contributed by atoms with Gasteiger partial charge in [-0.1, -0.05) is 11.6 Å². The third-order valence-corrected chi connectivity index (χ3v) is 2.56. The molecule has 0 aliphatic carbocycles. The van der Waals surface area contributed by atoms with Crippen LogP contribution in [0.2, 0.25) is 5.02 Å². The highest BCUT2D eigenvalue weighted by atomic mass is 35.5. The van der Waals surface area contributed by atoms with Gasteiger partial charge in [0.15, 0.2) is 0 Å². The molecule has 1 aromatic rings. The van der Waals surface area contributed by atoms with Crippen LogP contribution in [0.3, 0.4) is 0 Å². The zero-order chi connectivity index (χ0) is 15.4. The molecule has 20 heavy (non-hydrogen) atoms. The summed E-state index contributed by atoms with van der Waals surface area (Å²) in [5.74, 6) is -3.00. The zero-order valence-corrected chi connectivity index (χ0v) is 10.8. The van der Waals surface area contributed by atoms with Crippen molar-refractivity contribution in [2.24, 2.45) is 0 Å². The van der Waals surface area contributed by atoms with E-state index in [1.165, 1.54) is 12.1 Å². The van der Waals surface area contributed by atoms with E-state index in [0.29, 0.717) is 0 Å². The number of nitro groups is 1. The maximum absolute atomic E-state index is 11.0. The Kier molecular flexibility index (Phi) is 4.65. The van der Waals surface area contributed by atoms with Crippen LogP contribution in [0.25, 0.3) is 0 Å². The summed E-state index contributed by atoms with van der Waals surface area (Å²) in [5.41, 5.74) is -1.78.